The van der Waals surface area contributed by atoms with Crippen molar-refractivity contribution in [1.29, 1.82) is 0 Å². The van der Waals surface area contributed by atoms with Crippen molar-refractivity contribution in [1.82, 2.24) is 4.90 Å². The number of piperidine rings is 1. The largest absolute Gasteiger partial charge is 0.346 e. The Hall–Kier alpha value is -1.31. The third-order valence-corrected chi connectivity index (χ3v) is 3.17. The van der Waals surface area contributed by atoms with Crippen molar-refractivity contribution in [3.8, 4) is 0 Å². The van der Waals surface area contributed by atoms with Gasteiger partial charge in [0.05, 0.1) is 0 Å². The van der Waals surface area contributed by atoms with E-state index in [0.717, 1.165) is 13.0 Å². The number of carbonyl (C=O) groups excluding carboxylic acids is 1. The maximum Gasteiger partial charge on any atom is 0.222 e. The molecule has 1 fully saturated rings. The number of aryl methyl sites for hydroxylation is 1. The van der Waals surface area contributed by atoms with Crippen LogP contribution in [0.4, 0.5) is 0 Å². The Balaban J connectivity index is 2.15. The summed E-state index contributed by atoms with van der Waals surface area (Å²) in [4.78, 5) is 13.4. The van der Waals surface area contributed by atoms with Crippen LogP contribution >= 0.6 is 0 Å². The Kier molecular flexibility index (Phi) is 2.76. The van der Waals surface area contributed by atoms with Gasteiger partial charge in [0.25, 0.3) is 0 Å². The van der Waals surface area contributed by atoms with Crippen LogP contribution in [0, 0.1) is 6.92 Å². The van der Waals surface area contributed by atoms with Gasteiger partial charge in [-0.25, -0.2) is 0 Å². The van der Waals surface area contributed by atoms with Crippen molar-refractivity contribution in [2.75, 3.05) is 13.6 Å². The molecule has 1 aromatic rings. The second-order valence-corrected chi connectivity index (χ2v) is 4.42. The molecule has 1 aromatic carbocycles. The summed E-state index contributed by atoms with van der Waals surface area (Å²) in [7, 11) is 1.88. The number of amides is 1. The van der Waals surface area contributed by atoms with Crippen molar-refractivity contribution < 1.29 is 4.79 Å². The van der Waals surface area contributed by atoms with Gasteiger partial charge in [-0.05, 0) is 24.8 Å². The normalized spacial score (nSPS) is 21.9. The van der Waals surface area contributed by atoms with Crippen LogP contribution in [0.1, 0.15) is 29.9 Å². The fourth-order valence-corrected chi connectivity index (χ4v) is 2.15. The van der Waals surface area contributed by atoms with Crippen LogP contribution in [0.2, 0.25) is 0 Å². The van der Waals surface area contributed by atoms with Crippen molar-refractivity contribution >= 4 is 5.91 Å². The fourth-order valence-electron chi connectivity index (χ4n) is 2.15. The molecular weight excluding hydrogens is 186 g/mol. The molecule has 15 heavy (non-hydrogen) atoms. The number of likely N-dealkylation sites (tertiary alicyclic amines) is 1. The van der Waals surface area contributed by atoms with E-state index in [1.165, 1.54) is 11.1 Å². The molecule has 80 valence electrons. The molecule has 0 aromatic heterocycles. The van der Waals surface area contributed by atoms with E-state index in [0.29, 0.717) is 12.3 Å². The molecule has 1 atom stereocenters. The summed E-state index contributed by atoms with van der Waals surface area (Å²) in [5.41, 5.74) is 2.59. The SMILES string of the molecule is Cc1cccc(C2CCN(C)C(=O)C2)c1. The van der Waals surface area contributed by atoms with Crippen molar-refractivity contribution in [3.63, 3.8) is 0 Å². The van der Waals surface area contributed by atoms with Gasteiger partial charge in [-0.2, -0.15) is 0 Å². The van der Waals surface area contributed by atoms with E-state index in [2.05, 4.69) is 31.2 Å². The molecule has 0 radical (unpaired) electrons. The summed E-state index contributed by atoms with van der Waals surface area (Å²) in [6.07, 6.45) is 1.76. The van der Waals surface area contributed by atoms with E-state index in [-0.39, 0.29) is 5.91 Å². The average Bonchev–Trinajstić information content (AvgIpc) is 2.22. The number of benzene rings is 1. The summed E-state index contributed by atoms with van der Waals surface area (Å²) in [6.45, 7) is 2.98. The zero-order valence-electron chi connectivity index (χ0n) is 9.36. The molecule has 1 aliphatic rings. The Morgan fingerprint density at radius 3 is 2.87 bits per heavy atom. The lowest BCUT2D eigenvalue weighted by Gasteiger charge is -2.29. The quantitative estimate of drug-likeness (QED) is 0.686. The van der Waals surface area contributed by atoms with Gasteiger partial charge >= 0.3 is 0 Å². The Morgan fingerprint density at radius 2 is 2.20 bits per heavy atom. The highest BCUT2D eigenvalue weighted by Crippen LogP contribution is 2.28. The molecule has 1 unspecified atom stereocenters. The van der Waals surface area contributed by atoms with Gasteiger partial charge in [-0.3, -0.25) is 4.79 Å². The lowest BCUT2D eigenvalue weighted by Crippen LogP contribution is -2.34. The minimum absolute atomic E-state index is 0.271. The number of nitrogens with zero attached hydrogens (tertiary/aromatic N) is 1. The Labute approximate surface area is 90.9 Å². The van der Waals surface area contributed by atoms with Crippen LogP contribution in [0.3, 0.4) is 0 Å². The summed E-state index contributed by atoms with van der Waals surface area (Å²) < 4.78 is 0. The Morgan fingerprint density at radius 1 is 1.40 bits per heavy atom. The third kappa shape index (κ3) is 2.20. The predicted octanol–water partition coefficient (Wildman–Crippen LogP) is 2.33. The summed E-state index contributed by atoms with van der Waals surface area (Å²) in [5.74, 6) is 0.696. The molecule has 0 N–H and O–H groups in total. The molecule has 0 saturated carbocycles. The monoisotopic (exact) mass is 203 g/mol. The molecule has 0 spiro atoms. The van der Waals surface area contributed by atoms with Crippen molar-refractivity contribution in [3.05, 3.63) is 35.4 Å². The van der Waals surface area contributed by atoms with Crippen LogP contribution in [0.25, 0.3) is 0 Å². The topological polar surface area (TPSA) is 20.3 Å². The number of rotatable bonds is 1. The van der Waals surface area contributed by atoms with Crippen LogP contribution in [-0.2, 0) is 4.79 Å². The van der Waals surface area contributed by atoms with Crippen LogP contribution < -0.4 is 0 Å². The maximum atomic E-state index is 11.6. The fraction of sp³-hybridized carbons (Fsp3) is 0.462. The molecular formula is C13H17NO. The van der Waals surface area contributed by atoms with E-state index in [4.69, 9.17) is 0 Å². The predicted molar refractivity (Wildman–Crippen MR) is 60.8 cm³/mol. The smallest absolute Gasteiger partial charge is 0.222 e. The molecule has 0 bridgehead atoms. The minimum Gasteiger partial charge on any atom is -0.346 e. The molecule has 0 aliphatic carbocycles. The molecule has 2 heteroatoms. The van der Waals surface area contributed by atoms with Gasteiger partial charge in [0.2, 0.25) is 5.91 Å². The van der Waals surface area contributed by atoms with Gasteiger partial charge in [0.1, 0.15) is 0 Å². The van der Waals surface area contributed by atoms with Gasteiger partial charge in [0.15, 0.2) is 0 Å². The van der Waals surface area contributed by atoms with E-state index in [9.17, 15) is 4.79 Å². The third-order valence-electron chi connectivity index (χ3n) is 3.17. The highest BCUT2D eigenvalue weighted by molar-refractivity contribution is 5.77. The van der Waals surface area contributed by atoms with E-state index < -0.39 is 0 Å². The lowest BCUT2D eigenvalue weighted by atomic mass is 9.88. The first-order valence-corrected chi connectivity index (χ1v) is 5.47. The molecule has 2 nitrogen and oxygen atoms in total. The van der Waals surface area contributed by atoms with E-state index in [1.807, 2.05) is 11.9 Å². The van der Waals surface area contributed by atoms with Gasteiger partial charge in [-0.1, -0.05) is 29.8 Å². The van der Waals surface area contributed by atoms with Crippen LogP contribution in [0.5, 0.6) is 0 Å². The van der Waals surface area contributed by atoms with Crippen molar-refractivity contribution in [2.45, 2.75) is 25.7 Å². The number of carbonyl (C=O) groups is 1. The van der Waals surface area contributed by atoms with Gasteiger partial charge in [-0.15, -0.1) is 0 Å². The first-order chi connectivity index (χ1) is 7.16. The first kappa shape index (κ1) is 10.2. The highest BCUT2D eigenvalue weighted by atomic mass is 16.2. The molecule has 1 saturated heterocycles. The first-order valence-electron chi connectivity index (χ1n) is 5.47. The summed E-state index contributed by atoms with van der Waals surface area (Å²) in [5, 5.41) is 0. The second-order valence-electron chi connectivity index (χ2n) is 4.42. The van der Waals surface area contributed by atoms with E-state index >= 15 is 0 Å². The van der Waals surface area contributed by atoms with Crippen LogP contribution in [-0.4, -0.2) is 24.4 Å². The van der Waals surface area contributed by atoms with Gasteiger partial charge < -0.3 is 4.90 Å². The molecule has 2 rings (SSSR count). The van der Waals surface area contributed by atoms with Crippen molar-refractivity contribution in [2.24, 2.45) is 0 Å². The number of hydrogen-bond acceptors (Lipinski definition) is 1. The zero-order chi connectivity index (χ0) is 10.8. The lowest BCUT2D eigenvalue weighted by molar-refractivity contribution is -0.132. The molecule has 1 aliphatic heterocycles. The van der Waals surface area contributed by atoms with E-state index in [1.54, 1.807) is 0 Å². The zero-order valence-corrected chi connectivity index (χ0v) is 9.36. The molecule has 1 heterocycles. The highest BCUT2D eigenvalue weighted by Gasteiger charge is 2.24. The number of hydrogen-bond donors (Lipinski definition) is 0. The standard InChI is InChI=1S/C13H17NO/c1-10-4-3-5-11(8-10)12-6-7-14(2)13(15)9-12/h3-5,8,12H,6-7,9H2,1-2H3. The average molecular weight is 203 g/mol. The van der Waals surface area contributed by atoms with Crippen LogP contribution in [0.15, 0.2) is 24.3 Å². The molecule has 1 amide bonds. The summed E-state index contributed by atoms with van der Waals surface area (Å²) in [6, 6.07) is 8.51. The summed E-state index contributed by atoms with van der Waals surface area (Å²) >= 11 is 0. The second kappa shape index (κ2) is 4.05. The maximum absolute atomic E-state index is 11.6. The Bertz CT molecular complexity index is 373. The minimum atomic E-state index is 0.271. The van der Waals surface area contributed by atoms with Gasteiger partial charge in [0, 0.05) is 20.0 Å².